The van der Waals surface area contributed by atoms with E-state index in [-0.39, 0.29) is 6.42 Å². The van der Waals surface area contributed by atoms with E-state index in [9.17, 15) is 22.8 Å². The molecule has 1 aromatic carbocycles. The molecule has 1 aliphatic carbocycles. The fourth-order valence-corrected chi connectivity index (χ4v) is 3.19. The number of amides is 1. The highest BCUT2D eigenvalue weighted by Gasteiger charge is 2.22. The SMILES string of the molecule is CC(=O)c1cc(F)c(NC(=O)CCCC2CCCCC2)c(F)c1F. The van der Waals surface area contributed by atoms with Gasteiger partial charge in [0.2, 0.25) is 5.91 Å². The number of hydrogen-bond acceptors (Lipinski definition) is 2. The van der Waals surface area contributed by atoms with E-state index in [1.165, 1.54) is 32.1 Å². The maximum atomic E-state index is 13.9. The van der Waals surface area contributed by atoms with Crippen LogP contribution in [0.1, 0.15) is 68.6 Å². The Balaban J connectivity index is 1.93. The molecule has 132 valence electrons. The van der Waals surface area contributed by atoms with Crippen molar-refractivity contribution < 1.29 is 22.8 Å². The minimum absolute atomic E-state index is 0.130. The van der Waals surface area contributed by atoms with Crippen LogP contribution >= 0.6 is 0 Å². The Kier molecular flexibility index (Phi) is 6.40. The summed E-state index contributed by atoms with van der Waals surface area (Å²) in [6.07, 6.45) is 7.71. The van der Waals surface area contributed by atoms with Crippen LogP contribution in [0.2, 0.25) is 0 Å². The highest BCUT2D eigenvalue weighted by atomic mass is 19.2. The second kappa shape index (κ2) is 8.31. The van der Waals surface area contributed by atoms with Gasteiger partial charge in [-0.05, 0) is 31.7 Å². The van der Waals surface area contributed by atoms with Gasteiger partial charge in [-0.25, -0.2) is 13.2 Å². The van der Waals surface area contributed by atoms with Gasteiger partial charge in [-0.2, -0.15) is 0 Å². The highest BCUT2D eigenvalue weighted by Crippen LogP contribution is 2.28. The van der Waals surface area contributed by atoms with Gasteiger partial charge in [0, 0.05) is 6.42 Å². The summed E-state index contributed by atoms with van der Waals surface area (Å²) in [6, 6.07) is 0.610. The Morgan fingerprint density at radius 3 is 2.42 bits per heavy atom. The zero-order valence-corrected chi connectivity index (χ0v) is 13.8. The van der Waals surface area contributed by atoms with Gasteiger partial charge in [-0.1, -0.05) is 32.1 Å². The molecule has 0 spiro atoms. The maximum Gasteiger partial charge on any atom is 0.224 e. The molecule has 24 heavy (non-hydrogen) atoms. The average Bonchev–Trinajstić information content (AvgIpc) is 2.55. The molecule has 0 saturated heterocycles. The summed E-state index contributed by atoms with van der Waals surface area (Å²) in [4.78, 5) is 23.0. The van der Waals surface area contributed by atoms with E-state index in [1.807, 2.05) is 0 Å². The van der Waals surface area contributed by atoms with Crippen LogP contribution in [0.25, 0.3) is 0 Å². The fraction of sp³-hybridized carbons (Fsp3) is 0.556. The number of benzene rings is 1. The number of Topliss-reactive ketones (excluding diaryl/α,β-unsaturated/α-hetero) is 1. The third kappa shape index (κ3) is 4.58. The minimum Gasteiger partial charge on any atom is -0.321 e. The summed E-state index contributed by atoms with van der Waals surface area (Å²) in [5, 5.41) is 2.08. The van der Waals surface area contributed by atoms with Gasteiger partial charge in [0.25, 0.3) is 0 Å². The summed E-state index contributed by atoms with van der Waals surface area (Å²) in [5.74, 6) is -4.86. The molecule has 1 aliphatic rings. The Morgan fingerprint density at radius 1 is 1.12 bits per heavy atom. The molecular formula is C18H22F3NO2. The summed E-state index contributed by atoms with van der Waals surface area (Å²) in [7, 11) is 0. The number of rotatable bonds is 6. The van der Waals surface area contributed by atoms with Crippen LogP contribution in [-0.4, -0.2) is 11.7 Å². The van der Waals surface area contributed by atoms with Crippen LogP contribution in [0.4, 0.5) is 18.9 Å². The summed E-state index contributed by atoms with van der Waals surface area (Å²) in [5.41, 5.74) is -1.50. The van der Waals surface area contributed by atoms with Crippen LogP contribution in [0, 0.1) is 23.4 Å². The smallest absolute Gasteiger partial charge is 0.224 e. The average molecular weight is 341 g/mol. The van der Waals surface area contributed by atoms with E-state index >= 15 is 0 Å². The lowest BCUT2D eigenvalue weighted by atomic mass is 9.86. The molecular weight excluding hydrogens is 319 g/mol. The summed E-state index contributed by atoms with van der Waals surface area (Å²) < 4.78 is 41.5. The number of ketones is 1. The Hall–Kier alpha value is -1.85. The standard InChI is InChI=1S/C18H22F3NO2/c1-11(23)13-10-14(19)18(17(21)16(13)20)22-15(24)9-5-8-12-6-3-2-4-7-12/h10,12H,2-9H2,1H3,(H,22,24). The Bertz CT molecular complexity index is 625. The number of halogens is 3. The van der Waals surface area contributed by atoms with Crippen LogP contribution in [-0.2, 0) is 4.79 Å². The largest absolute Gasteiger partial charge is 0.321 e. The van der Waals surface area contributed by atoms with E-state index in [1.54, 1.807) is 0 Å². The highest BCUT2D eigenvalue weighted by molar-refractivity contribution is 5.96. The molecule has 1 amide bonds. The second-order valence-corrected chi connectivity index (χ2v) is 6.41. The van der Waals surface area contributed by atoms with Gasteiger partial charge < -0.3 is 5.32 Å². The molecule has 6 heteroatoms. The molecule has 0 aliphatic heterocycles. The molecule has 0 unspecified atom stereocenters. The van der Waals surface area contributed by atoms with Crippen molar-refractivity contribution in [2.24, 2.45) is 5.92 Å². The lowest BCUT2D eigenvalue weighted by Crippen LogP contribution is -2.16. The van der Waals surface area contributed by atoms with Crippen molar-refractivity contribution in [3.8, 4) is 0 Å². The molecule has 0 atom stereocenters. The van der Waals surface area contributed by atoms with Crippen molar-refractivity contribution in [2.45, 2.75) is 58.3 Å². The van der Waals surface area contributed by atoms with Gasteiger partial charge in [0.15, 0.2) is 23.2 Å². The molecule has 1 aromatic rings. The van der Waals surface area contributed by atoms with Crippen molar-refractivity contribution in [2.75, 3.05) is 5.32 Å². The number of hydrogen-bond donors (Lipinski definition) is 1. The van der Waals surface area contributed by atoms with Crippen molar-refractivity contribution in [1.82, 2.24) is 0 Å². The molecule has 1 N–H and O–H groups in total. The minimum atomic E-state index is -1.54. The van der Waals surface area contributed by atoms with Crippen molar-refractivity contribution in [3.63, 3.8) is 0 Å². The number of carbonyl (C=O) groups excluding carboxylic acids is 2. The van der Waals surface area contributed by atoms with Crippen LogP contribution in [0.3, 0.4) is 0 Å². The number of anilines is 1. The zero-order valence-electron chi connectivity index (χ0n) is 13.8. The lowest BCUT2D eigenvalue weighted by Gasteiger charge is -2.21. The fourth-order valence-electron chi connectivity index (χ4n) is 3.19. The molecule has 3 nitrogen and oxygen atoms in total. The van der Waals surface area contributed by atoms with E-state index < -0.39 is 40.4 Å². The zero-order chi connectivity index (χ0) is 17.7. The first kappa shape index (κ1) is 18.5. The monoisotopic (exact) mass is 341 g/mol. The third-order valence-electron chi connectivity index (χ3n) is 4.54. The van der Waals surface area contributed by atoms with E-state index in [4.69, 9.17) is 0 Å². The van der Waals surface area contributed by atoms with E-state index in [2.05, 4.69) is 5.32 Å². The summed E-state index contributed by atoms with van der Waals surface area (Å²) in [6.45, 7) is 1.01. The first-order valence-electron chi connectivity index (χ1n) is 8.38. The Labute approximate surface area is 139 Å². The van der Waals surface area contributed by atoms with Crippen molar-refractivity contribution in [3.05, 3.63) is 29.1 Å². The molecule has 0 bridgehead atoms. The third-order valence-corrected chi connectivity index (χ3v) is 4.54. The quantitative estimate of drug-likeness (QED) is 0.585. The van der Waals surface area contributed by atoms with Gasteiger partial charge in [-0.15, -0.1) is 0 Å². The molecule has 2 rings (SSSR count). The predicted octanol–water partition coefficient (Wildman–Crippen LogP) is 5.00. The van der Waals surface area contributed by atoms with Crippen molar-refractivity contribution >= 4 is 17.4 Å². The molecule has 0 radical (unpaired) electrons. The van der Waals surface area contributed by atoms with Gasteiger partial charge in [0.05, 0.1) is 5.56 Å². The first-order chi connectivity index (χ1) is 11.4. The summed E-state index contributed by atoms with van der Waals surface area (Å²) >= 11 is 0. The van der Waals surface area contributed by atoms with Gasteiger partial charge in [-0.3, -0.25) is 9.59 Å². The van der Waals surface area contributed by atoms with Crippen molar-refractivity contribution in [1.29, 1.82) is 0 Å². The molecule has 1 saturated carbocycles. The molecule has 0 aromatic heterocycles. The normalized spacial score (nSPS) is 15.3. The molecule has 0 heterocycles. The van der Waals surface area contributed by atoms with Crippen LogP contribution in [0.5, 0.6) is 0 Å². The molecule has 1 fully saturated rings. The van der Waals surface area contributed by atoms with Gasteiger partial charge in [0.1, 0.15) is 5.69 Å². The van der Waals surface area contributed by atoms with Crippen LogP contribution in [0.15, 0.2) is 6.07 Å². The van der Waals surface area contributed by atoms with E-state index in [0.717, 1.165) is 13.3 Å². The number of nitrogens with one attached hydrogen (secondary N) is 1. The second-order valence-electron chi connectivity index (χ2n) is 6.41. The maximum absolute atomic E-state index is 13.9. The van der Waals surface area contributed by atoms with Gasteiger partial charge >= 0.3 is 0 Å². The van der Waals surface area contributed by atoms with E-state index in [0.29, 0.717) is 18.4 Å². The van der Waals surface area contributed by atoms with Crippen LogP contribution < -0.4 is 5.32 Å². The predicted molar refractivity (Wildman–Crippen MR) is 85.4 cm³/mol. The Morgan fingerprint density at radius 2 is 1.79 bits per heavy atom. The number of carbonyl (C=O) groups is 2. The topological polar surface area (TPSA) is 46.2 Å². The first-order valence-corrected chi connectivity index (χ1v) is 8.38. The lowest BCUT2D eigenvalue weighted by molar-refractivity contribution is -0.116.